The van der Waals surface area contributed by atoms with Crippen LogP contribution in [-0.2, 0) is 20.7 Å². The van der Waals surface area contributed by atoms with Crippen LogP contribution in [0.4, 0.5) is 0 Å². The molecule has 0 saturated carbocycles. The van der Waals surface area contributed by atoms with Gasteiger partial charge in [0, 0.05) is 11.1 Å². The Morgan fingerprint density at radius 1 is 0.767 bits per heavy atom. The fraction of sp³-hybridized carbons (Fsp3) is 0.727. The number of fused-ring (bicyclic) bond motifs is 1. The molecule has 1 unspecified atom stereocenters. The number of rotatable bonds is 14. The maximum atomic E-state index is 10.9. The van der Waals surface area contributed by atoms with Gasteiger partial charge in [0.2, 0.25) is 11.5 Å². The molecule has 1 aromatic carbocycles. The van der Waals surface area contributed by atoms with Crippen LogP contribution in [0.2, 0.25) is 0 Å². The van der Waals surface area contributed by atoms with E-state index in [2.05, 4.69) is 0 Å². The molecule has 8 heteroatoms. The average Bonchev–Trinajstić information content (AvgIpc) is 3.13. The van der Waals surface area contributed by atoms with Crippen LogP contribution in [0.1, 0.15) is 68.4 Å². The van der Waals surface area contributed by atoms with Gasteiger partial charge >= 0.3 is 0 Å². The minimum absolute atomic E-state index is 0.282. The summed E-state index contributed by atoms with van der Waals surface area (Å²) >= 11 is 0. The van der Waals surface area contributed by atoms with E-state index in [4.69, 9.17) is 23.1 Å². The van der Waals surface area contributed by atoms with Crippen molar-refractivity contribution in [2.45, 2.75) is 63.7 Å². The first-order valence-corrected chi connectivity index (χ1v) is 12.4. The Balaban J connectivity index is 1.89. The standard InChI is InChI=1S/C22H36O7S/c1-25-19-17-14-13-16(18(17)20(26-2)22(28-4)21(19)27-3)12-10-8-6-7-9-11-15-29-30(5,23)24/h16H,6-15H2,1-5H3. The van der Waals surface area contributed by atoms with Gasteiger partial charge < -0.3 is 18.9 Å². The summed E-state index contributed by atoms with van der Waals surface area (Å²) in [4.78, 5) is 0. The summed E-state index contributed by atoms with van der Waals surface area (Å²) in [7, 11) is 3.26. The molecular formula is C22H36O7S. The third-order valence-corrected chi connectivity index (χ3v) is 6.27. The van der Waals surface area contributed by atoms with Crippen molar-refractivity contribution in [1.82, 2.24) is 0 Å². The van der Waals surface area contributed by atoms with Gasteiger partial charge in [-0.25, -0.2) is 0 Å². The first-order valence-electron chi connectivity index (χ1n) is 10.6. The molecule has 0 spiro atoms. The number of unbranched alkanes of at least 4 members (excludes halogenated alkanes) is 5. The quantitative estimate of drug-likeness (QED) is 0.310. The van der Waals surface area contributed by atoms with Gasteiger partial charge in [-0.3, -0.25) is 4.18 Å². The Kier molecular flexibility index (Phi) is 9.55. The largest absolute Gasteiger partial charge is 0.492 e. The first kappa shape index (κ1) is 24.6. The topological polar surface area (TPSA) is 80.3 Å². The molecule has 30 heavy (non-hydrogen) atoms. The normalized spacial score (nSPS) is 15.7. The van der Waals surface area contributed by atoms with Crippen LogP contribution >= 0.6 is 0 Å². The Labute approximate surface area is 181 Å². The van der Waals surface area contributed by atoms with Crippen LogP contribution < -0.4 is 18.9 Å². The summed E-state index contributed by atoms with van der Waals surface area (Å²) in [6, 6.07) is 0. The summed E-state index contributed by atoms with van der Waals surface area (Å²) in [5, 5.41) is 0. The van der Waals surface area contributed by atoms with E-state index in [1.54, 1.807) is 28.4 Å². The monoisotopic (exact) mass is 444 g/mol. The zero-order valence-electron chi connectivity index (χ0n) is 18.9. The average molecular weight is 445 g/mol. The molecule has 0 saturated heterocycles. The van der Waals surface area contributed by atoms with Crippen molar-refractivity contribution < 1.29 is 31.5 Å². The van der Waals surface area contributed by atoms with Crippen LogP contribution in [0.25, 0.3) is 0 Å². The summed E-state index contributed by atoms with van der Waals surface area (Å²) in [5.41, 5.74) is 2.37. The van der Waals surface area contributed by atoms with E-state index in [1.807, 2.05) is 0 Å². The van der Waals surface area contributed by atoms with Crippen molar-refractivity contribution >= 4 is 10.1 Å². The molecule has 0 fully saturated rings. The fourth-order valence-corrected chi connectivity index (χ4v) is 4.78. The van der Waals surface area contributed by atoms with E-state index in [1.165, 1.54) is 11.1 Å². The van der Waals surface area contributed by atoms with Crippen molar-refractivity contribution in [3.63, 3.8) is 0 Å². The highest BCUT2D eigenvalue weighted by atomic mass is 32.2. The molecule has 1 aliphatic carbocycles. The number of hydrogen-bond donors (Lipinski definition) is 0. The van der Waals surface area contributed by atoms with E-state index in [9.17, 15) is 8.42 Å². The molecule has 0 amide bonds. The van der Waals surface area contributed by atoms with Crippen LogP contribution in [0, 0.1) is 0 Å². The Hall–Kier alpha value is -1.67. The van der Waals surface area contributed by atoms with Crippen molar-refractivity contribution in [2.24, 2.45) is 0 Å². The predicted molar refractivity (Wildman–Crippen MR) is 117 cm³/mol. The number of hydrogen-bond acceptors (Lipinski definition) is 7. The van der Waals surface area contributed by atoms with E-state index in [0.717, 1.165) is 75.5 Å². The van der Waals surface area contributed by atoms with Gasteiger partial charge in [0.15, 0.2) is 11.5 Å². The molecule has 1 aromatic rings. The fourth-order valence-electron chi connectivity index (χ4n) is 4.36. The molecule has 0 bridgehead atoms. The lowest BCUT2D eigenvalue weighted by atomic mass is 9.93. The van der Waals surface area contributed by atoms with Crippen LogP contribution in [0.5, 0.6) is 23.0 Å². The van der Waals surface area contributed by atoms with Gasteiger partial charge in [-0.2, -0.15) is 8.42 Å². The Morgan fingerprint density at radius 2 is 1.30 bits per heavy atom. The molecule has 0 radical (unpaired) electrons. The third-order valence-electron chi connectivity index (χ3n) is 5.67. The van der Waals surface area contributed by atoms with Gasteiger partial charge in [-0.15, -0.1) is 0 Å². The highest BCUT2D eigenvalue weighted by Gasteiger charge is 2.35. The van der Waals surface area contributed by atoms with E-state index in [0.29, 0.717) is 17.4 Å². The van der Waals surface area contributed by atoms with E-state index in [-0.39, 0.29) is 6.61 Å². The minimum atomic E-state index is -3.32. The van der Waals surface area contributed by atoms with Gasteiger partial charge in [-0.05, 0) is 31.6 Å². The predicted octanol–water partition coefficient (Wildman–Crippen LogP) is 4.46. The summed E-state index contributed by atoms with van der Waals surface area (Å²) in [5.74, 6) is 3.13. The lowest BCUT2D eigenvalue weighted by Crippen LogP contribution is -2.05. The van der Waals surface area contributed by atoms with Gasteiger partial charge in [-0.1, -0.05) is 32.1 Å². The highest BCUT2D eigenvalue weighted by Crippen LogP contribution is 2.56. The smallest absolute Gasteiger partial charge is 0.264 e. The number of benzene rings is 1. The van der Waals surface area contributed by atoms with E-state index >= 15 is 0 Å². The molecule has 0 aliphatic heterocycles. The SMILES string of the molecule is COc1c2c(c(OC)c(OC)c1OC)C(CCCCCCCCOS(C)(=O)=O)CC2. The lowest BCUT2D eigenvalue weighted by molar-refractivity contribution is 0.302. The molecule has 0 aromatic heterocycles. The number of methoxy groups -OCH3 is 4. The van der Waals surface area contributed by atoms with Gasteiger partial charge in [0.1, 0.15) is 0 Å². The van der Waals surface area contributed by atoms with Crippen molar-refractivity contribution in [1.29, 1.82) is 0 Å². The third kappa shape index (κ3) is 6.17. The molecule has 0 heterocycles. The zero-order valence-corrected chi connectivity index (χ0v) is 19.7. The molecule has 1 aliphatic rings. The Morgan fingerprint density at radius 3 is 1.87 bits per heavy atom. The van der Waals surface area contributed by atoms with Crippen LogP contribution in [-0.4, -0.2) is 49.7 Å². The van der Waals surface area contributed by atoms with Crippen molar-refractivity contribution in [2.75, 3.05) is 41.3 Å². The first-order chi connectivity index (χ1) is 14.4. The Bertz CT molecular complexity index is 789. The summed E-state index contributed by atoms with van der Waals surface area (Å²) in [6.45, 7) is 0.282. The van der Waals surface area contributed by atoms with Crippen molar-refractivity contribution in [3.8, 4) is 23.0 Å². The maximum Gasteiger partial charge on any atom is 0.264 e. The molecule has 1 atom stereocenters. The van der Waals surface area contributed by atoms with Gasteiger partial charge in [0.05, 0.1) is 41.3 Å². The van der Waals surface area contributed by atoms with E-state index < -0.39 is 10.1 Å². The summed E-state index contributed by atoms with van der Waals surface area (Å²) in [6.07, 6.45) is 10.5. The zero-order chi connectivity index (χ0) is 22.1. The van der Waals surface area contributed by atoms with Crippen LogP contribution in [0.15, 0.2) is 0 Å². The minimum Gasteiger partial charge on any atom is -0.492 e. The van der Waals surface area contributed by atoms with Crippen molar-refractivity contribution in [3.05, 3.63) is 11.1 Å². The molecular weight excluding hydrogens is 408 g/mol. The summed E-state index contributed by atoms with van der Waals surface area (Å²) < 4.78 is 49.2. The highest BCUT2D eigenvalue weighted by molar-refractivity contribution is 7.85. The molecule has 0 N–H and O–H groups in total. The van der Waals surface area contributed by atoms with Gasteiger partial charge in [0.25, 0.3) is 10.1 Å². The second kappa shape index (κ2) is 11.6. The van der Waals surface area contributed by atoms with Crippen LogP contribution in [0.3, 0.4) is 0 Å². The second-order valence-electron chi connectivity index (χ2n) is 7.70. The lowest BCUT2D eigenvalue weighted by Gasteiger charge is -2.22. The molecule has 172 valence electrons. The molecule has 7 nitrogen and oxygen atoms in total. The molecule has 2 rings (SSSR count). The number of ether oxygens (including phenoxy) is 4. The maximum absolute atomic E-state index is 10.9. The second-order valence-corrected chi connectivity index (χ2v) is 9.34.